The molecule has 1 atom stereocenters. The second kappa shape index (κ2) is 9.88. The molecule has 0 radical (unpaired) electrons. The summed E-state index contributed by atoms with van der Waals surface area (Å²) in [6.45, 7) is 2.37. The molecule has 0 spiro atoms. The summed E-state index contributed by atoms with van der Waals surface area (Å²) in [5.41, 5.74) is 1.23. The van der Waals surface area contributed by atoms with Crippen LogP contribution in [0.25, 0.3) is 0 Å². The lowest BCUT2D eigenvalue weighted by atomic mass is 10.2. The van der Waals surface area contributed by atoms with Crippen LogP contribution in [0.5, 0.6) is 11.5 Å². The molecule has 0 aliphatic heterocycles. The molecule has 1 amide bonds. The smallest absolute Gasteiger partial charge is 0.230 e. The summed E-state index contributed by atoms with van der Waals surface area (Å²) in [5.74, 6) is 2.86. The molecule has 128 valence electrons. The van der Waals surface area contributed by atoms with Crippen LogP contribution in [0.15, 0.2) is 54.6 Å². The Kier molecular flexibility index (Phi) is 7.49. The third kappa shape index (κ3) is 6.54. The highest BCUT2D eigenvalue weighted by molar-refractivity contribution is 7.99. The van der Waals surface area contributed by atoms with Gasteiger partial charge in [0.2, 0.25) is 5.91 Å². The van der Waals surface area contributed by atoms with Crippen molar-refractivity contribution in [2.75, 3.05) is 19.5 Å². The van der Waals surface area contributed by atoms with Gasteiger partial charge in [-0.1, -0.05) is 30.3 Å². The van der Waals surface area contributed by atoms with Gasteiger partial charge in [0.25, 0.3) is 0 Å². The highest BCUT2D eigenvalue weighted by Crippen LogP contribution is 2.17. The van der Waals surface area contributed by atoms with Crippen molar-refractivity contribution in [3.8, 4) is 11.5 Å². The van der Waals surface area contributed by atoms with Crippen LogP contribution >= 0.6 is 11.8 Å². The number of benzene rings is 2. The molecular formula is C19H23NO3S. The van der Waals surface area contributed by atoms with Gasteiger partial charge in [-0.25, -0.2) is 0 Å². The summed E-state index contributed by atoms with van der Waals surface area (Å²) >= 11 is 1.61. The van der Waals surface area contributed by atoms with Gasteiger partial charge in [-0.05, 0) is 36.8 Å². The van der Waals surface area contributed by atoms with Crippen LogP contribution in [0, 0.1) is 0 Å². The molecule has 2 aromatic rings. The highest BCUT2D eigenvalue weighted by atomic mass is 32.2. The number of ether oxygens (including phenoxy) is 2. The Morgan fingerprint density at radius 1 is 1.08 bits per heavy atom. The first kappa shape index (κ1) is 18.2. The molecule has 1 unspecified atom stereocenters. The van der Waals surface area contributed by atoms with E-state index in [0.29, 0.717) is 12.4 Å². The molecule has 0 heterocycles. The average molecular weight is 345 g/mol. The van der Waals surface area contributed by atoms with E-state index in [1.165, 1.54) is 5.56 Å². The topological polar surface area (TPSA) is 47.6 Å². The Morgan fingerprint density at radius 2 is 1.75 bits per heavy atom. The maximum absolute atomic E-state index is 11.9. The van der Waals surface area contributed by atoms with Gasteiger partial charge in [0.1, 0.15) is 18.1 Å². The van der Waals surface area contributed by atoms with Crippen LogP contribution in [-0.2, 0) is 10.5 Å². The number of amides is 1. The second-order valence-corrected chi connectivity index (χ2v) is 6.42. The summed E-state index contributed by atoms with van der Waals surface area (Å²) in [4.78, 5) is 11.9. The van der Waals surface area contributed by atoms with E-state index >= 15 is 0 Å². The molecular weight excluding hydrogens is 322 g/mol. The zero-order chi connectivity index (χ0) is 17.2. The Morgan fingerprint density at radius 3 is 2.42 bits per heavy atom. The summed E-state index contributed by atoms with van der Waals surface area (Å²) in [7, 11) is 1.63. The van der Waals surface area contributed by atoms with Crippen molar-refractivity contribution < 1.29 is 14.3 Å². The molecule has 24 heavy (non-hydrogen) atoms. The first-order chi connectivity index (χ1) is 11.7. The lowest BCUT2D eigenvalue weighted by Crippen LogP contribution is -2.37. The minimum Gasteiger partial charge on any atom is -0.497 e. The van der Waals surface area contributed by atoms with Crippen LogP contribution in [0.4, 0.5) is 0 Å². The third-order valence-corrected chi connectivity index (χ3v) is 4.32. The number of carbonyl (C=O) groups excluding carboxylic acids is 1. The predicted octanol–water partition coefficient (Wildman–Crippen LogP) is 3.51. The van der Waals surface area contributed by atoms with Crippen molar-refractivity contribution >= 4 is 17.7 Å². The molecule has 0 fully saturated rings. The Labute approximate surface area is 147 Å². The molecule has 4 nitrogen and oxygen atoms in total. The van der Waals surface area contributed by atoms with E-state index in [1.54, 1.807) is 18.9 Å². The van der Waals surface area contributed by atoms with E-state index in [0.717, 1.165) is 17.3 Å². The fourth-order valence-electron chi connectivity index (χ4n) is 2.09. The van der Waals surface area contributed by atoms with E-state index in [9.17, 15) is 4.79 Å². The molecule has 2 rings (SSSR count). The fourth-order valence-corrected chi connectivity index (χ4v) is 2.89. The lowest BCUT2D eigenvalue weighted by Gasteiger charge is -2.15. The lowest BCUT2D eigenvalue weighted by molar-refractivity contribution is -0.119. The van der Waals surface area contributed by atoms with Crippen LogP contribution in [0.2, 0.25) is 0 Å². The highest BCUT2D eigenvalue weighted by Gasteiger charge is 2.08. The number of nitrogens with one attached hydrogen (secondary N) is 1. The largest absolute Gasteiger partial charge is 0.497 e. The van der Waals surface area contributed by atoms with Gasteiger partial charge in [-0.3, -0.25) is 4.79 Å². The molecule has 0 aliphatic rings. The van der Waals surface area contributed by atoms with Gasteiger partial charge in [0.15, 0.2) is 0 Å². The van der Waals surface area contributed by atoms with E-state index in [2.05, 4.69) is 17.4 Å². The minimum atomic E-state index is -0.0445. The van der Waals surface area contributed by atoms with Crippen LogP contribution in [0.3, 0.4) is 0 Å². The van der Waals surface area contributed by atoms with Crippen molar-refractivity contribution in [1.82, 2.24) is 5.32 Å². The van der Waals surface area contributed by atoms with E-state index < -0.39 is 0 Å². The van der Waals surface area contributed by atoms with Crippen molar-refractivity contribution in [2.24, 2.45) is 0 Å². The van der Waals surface area contributed by atoms with Crippen LogP contribution in [0.1, 0.15) is 12.5 Å². The zero-order valence-electron chi connectivity index (χ0n) is 14.0. The zero-order valence-corrected chi connectivity index (χ0v) is 14.8. The molecule has 0 saturated carbocycles. The Hall–Kier alpha value is -2.14. The van der Waals surface area contributed by atoms with Crippen molar-refractivity contribution in [3.05, 3.63) is 60.2 Å². The van der Waals surface area contributed by atoms with E-state index in [4.69, 9.17) is 9.47 Å². The molecule has 2 aromatic carbocycles. The molecule has 0 aromatic heterocycles. The van der Waals surface area contributed by atoms with Crippen LogP contribution in [-0.4, -0.2) is 31.4 Å². The number of thioether (sulfide) groups is 1. The number of hydrogen-bond donors (Lipinski definition) is 1. The normalized spacial score (nSPS) is 11.6. The second-order valence-electron chi connectivity index (χ2n) is 5.43. The first-order valence-corrected chi connectivity index (χ1v) is 9.00. The summed E-state index contributed by atoms with van der Waals surface area (Å²) in [5, 5.41) is 2.95. The van der Waals surface area contributed by atoms with Crippen molar-refractivity contribution in [2.45, 2.75) is 18.7 Å². The SMILES string of the molecule is COc1ccc(OCC(C)NC(=O)CSCc2ccccc2)cc1. The predicted molar refractivity (Wildman–Crippen MR) is 98.7 cm³/mol. The maximum atomic E-state index is 11.9. The first-order valence-electron chi connectivity index (χ1n) is 7.85. The van der Waals surface area contributed by atoms with Gasteiger partial charge in [-0.15, -0.1) is 11.8 Å². The quantitative estimate of drug-likeness (QED) is 0.755. The Balaban J connectivity index is 1.63. The molecule has 1 N–H and O–H groups in total. The number of rotatable bonds is 9. The summed E-state index contributed by atoms with van der Waals surface area (Å²) in [6, 6.07) is 17.5. The van der Waals surface area contributed by atoms with Crippen LogP contribution < -0.4 is 14.8 Å². The molecule has 0 aliphatic carbocycles. The molecule has 0 saturated heterocycles. The maximum Gasteiger partial charge on any atom is 0.230 e. The molecule has 5 heteroatoms. The van der Waals surface area contributed by atoms with Gasteiger partial charge in [0, 0.05) is 5.75 Å². The van der Waals surface area contributed by atoms with Crippen molar-refractivity contribution in [3.63, 3.8) is 0 Å². The van der Waals surface area contributed by atoms with E-state index in [1.807, 2.05) is 49.4 Å². The Bertz CT molecular complexity index is 616. The average Bonchev–Trinajstić information content (AvgIpc) is 2.61. The number of methoxy groups -OCH3 is 1. The number of hydrogen-bond acceptors (Lipinski definition) is 4. The summed E-state index contributed by atoms with van der Waals surface area (Å²) < 4.78 is 10.8. The van der Waals surface area contributed by atoms with Crippen molar-refractivity contribution in [1.29, 1.82) is 0 Å². The van der Waals surface area contributed by atoms with Gasteiger partial charge >= 0.3 is 0 Å². The number of carbonyl (C=O) groups is 1. The standard InChI is InChI=1S/C19H23NO3S/c1-15(12-23-18-10-8-17(22-2)9-11-18)20-19(21)14-24-13-16-6-4-3-5-7-16/h3-11,15H,12-14H2,1-2H3,(H,20,21). The fraction of sp³-hybridized carbons (Fsp3) is 0.316. The minimum absolute atomic E-state index is 0.0294. The third-order valence-electron chi connectivity index (χ3n) is 3.31. The monoisotopic (exact) mass is 345 g/mol. The van der Waals surface area contributed by atoms with Gasteiger partial charge in [-0.2, -0.15) is 0 Å². The summed E-state index contributed by atoms with van der Waals surface area (Å²) in [6.07, 6.45) is 0. The van der Waals surface area contributed by atoms with Gasteiger partial charge in [0.05, 0.1) is 18.9 Å². The molecule has 0 bridgehead atoms. The van der Waals surface area contributed by atoms with Gasteiger partial charge < -0.3 is 14.8 Å². The van der Waals surface area contributed by atoms with E-state index in [-0.39, 0.29) is 11.9 Å².